The zero-order chi connectivity index (χ0) is 91.2. The molecule has 15 heteroatoms. The predicted octanol–water partition coefficient (Wildman–Crippen LogP) is 28.1. The van der Waals surface area contributed by atoms with Crippen LogP contribution in [-0.2, 0) is 76.9 Å². The molecule has 0 aliphatic carbocycles. The number of rotatable bonds is 21. The monoisotopic (exact) mass is 2270 g/mol. The summed E-state index contributed by atoms with van der Waals surface area (Å²) in [6, 6.07) is 120. The number of anilines is 1. The van der Waals surface area contributed by atoms with Crippen molar-refractivity contribution in [2.45, 2.75) is 163 Å². The maximum atomic E-state index is 4.60. The zero-order valence-corrected chi connectivity index (χ0v) is 86.4. The molecule has 18 rings (SSSR count). The summed E-state index contributed by atoms with van der Waals surface area (Å²) >= 11 is 0. The van der Waals surface area contributed by atoms with Gasteiger partial charge < -0.3 is 43.1 Å². The van der Waals surface area contributed by atoms with Crippen molar-refractivity contribution in [3.8, 4) is 51.2 Å². The Balaban J connectivity index is 0.000000164. The van der Waals surface area contributed by atoms with Crippen molar-refractivity contribution in [1.29, 1.82) is 0 Å². The van der Waals surface area contributed by atoms with Crippen LogP contribution in [0.4, 0.5) is 5.69 Å². The second-order valence-corrected chi connectivity index (χ2v) is 35.4. The second-order valence-electron chi connectivity index (χ2n) is 35.4. The molecule has 0 amide bonds. The molecule has 3 aromatic heterocycles. The van der Waals surface area contributed by atoms with E-state index in [0.29, 0.717) is 35.5 Å². The van der Waals surface area contributed by atoms with Crippen molar-refractivity contribution >= 4 is 5.69 Å². The van der Waals surface area contributed by atoms with Crippen molar-refractivity contribution in [2.24, 2.45) is 0 Å². The maximum absolute atomic E-state index is 4.60. The smallest absolute Gasteiger partial charge is 0.511 e. The van der Waals surface area contributed by atoms with E-state index in [2.05, 4.69) is 464 Å². The first-order valence-corrected chi connectivity index (χ1v) is 45.0. The van der Waals surface area contributed by atoms with Crippen LogP contribution in [-0.4, -0.2) is 67.2 Å². The molecule has 0 saturated heterocycles. The molecule has 0 bridgehead atoms. The van der Waals surface area contributed by atoms with E-state index in [9.17, 15) is 0 Å². The van der Waals surface area contributed by atoms with E-state index in [1.54, 1.807) is 0 Å². The molecule has 678 valence electrons. The molecule has 0 radical (unpaired) electrons. The van der Waals surface area contributed by atoms with E-state index >= 15 is 0 Å². The second kappa shape index (κ2) is 48.1. The van der Waals surface area contributed by atoms with Crippen LogP contribution in [0.1, 0.15) is 207 Å². The van der Waals surface area contributed by atoms with Gasteiger partial charge in [0, 0.05) is 71.0 Å². The van der Waals surface area contributed by atoms with Crippen LogP contribution in [0, 0.1) is 56.4 Å². The standard InChI is InChI=1S/C23H20N2.3C21H23N2.C18H18N2.C13H16N2.3Ir/c1-24-17-18-25(19-24)23(20-11-5-2-6-12-20,21-13-7-3-8-14-21)22-15-9-4-10-16-22;3*1-15(2)18-11-8-12-19(16(3)4)20(18)23-14-13-22-21(23)17-9-6-5-7-10-17;1-18(2,16-9-5-3-6-10-16)20-14-13-19(15-20)17-11-7-4-8-12-17;1-13(2,12-7-5-4-6-8-12)15-10-9-14(3)11-15;;;/h2-15,17-19H,1H3;3*5-9,11-16H,1-4H3;3-9,11-15H,1-2H3;4-7,9-11H,1-3H3;;;/q-2;3*-1;2*-2;3*+3. The van der Waals surface area contributed by atoms with E-state index < -0.39 is 5.54 Å². The summed E-state index contributed by atoms with van der Waals surface area (Å²) in [4.78, 5) is 26.7. The summed E-state index contributed by atoms with van der Waals surface area (Å²) in [5.74, 6) is 5.58. The molecule has 0 atom stereocenters. The summed E-state index contributed by atoms with van der Waals surface area (Å²) in [6.07, 6.45) is 24.3. The summed E-state index contributed by atoms with van der Waals surface area (Å²) in [7, 11) is 4.08. The van der Waals surface area contributed by atoms with Crippen LogP contribution < -0.4 is 4.90 Å². The third-order valence-corrected chi connectivity index (χ3v) is 23.6. The van der Waals surface area contributed by atoms with Crippen molar-refractivity contribution < 1.29 is 60.3 Å². The molecular weight excluding hydrogens is 2150 g/mol. The van der Waals surface area contributed by atoms with E-state index in [1.165, 1.54) is 78.4 Å². The van der Waals surface area contributed by atoms with E-state index in [-0.39, 0.29) is 71.4 Å². The number of nitrogens with zero attached hydrogens (tertiary/aromatic N) is 12. The summed E-state index contributed by atoms with van der Waals surface area (Å²) in [6.45, 7) is 42.1. The first-order valence-electron chi connectivity index (χ1n) is 45.0. The molecule has 0 unspecified atom stereocenters. The minimum absolute atomic E-state index is 0. The van der Waals surface area contributed by atoms with E-state index in [0.717, 1.165) is 39.7 Å². The van der Waals surface area contributed by atoms with Crippen LogP contribution in [0.3, 0.4) is 0 Å². The first-order chi connectivity index (χ1) is 62.4. The van der Waals surface area contributed by atoms with Gasteiger partial charge in [0.2, 0.25) is 0 Å². The molecule has 3 aliphatic heterocycles. The van der Waals surface area contributed by atoms with Gasteiger partial charge in [-0.1, -0.05) is 217 Å². The topological polar surface area (TPSA) is 72.9 Å². The normalized spacial score (nSPS) is 12.7. The summed E-state index contributed by atoms with van der Waals surface area (Å²) in [5.41, 5.74) is 21.4. The predicted molar refractivity (Wildman–Crippen MR) is 533 cm³/mol. The Kier molecular flexibility index (Phi) is 37.3. The molecule has 132 heavy (non-hydrogen) atoms. The molecular formula is C117H123Ir3N12. The molecule has 0 N–H and O–H groups in total. The zero-order valence-electron chi connectivity index (χ0n) is 79.2. The minimum Gasteiger partial charge on any atom is -0.511 e. The van der Waals surface area contributed by atoms with E-state index in [4.69, 9.17) is 0 Å². The van der Waals surface area contributed by atoms with Crippen molar-refractivity contribution in [2.75, 3.05) is 19.0 Å². The number of hydrogen-bond acceptors (Lipinski definition) is 9. The first kappa shape index (κ1) is 102. The van der Waals surface area contributed by atoms with Gasteiger partial charge in [-0.15, -0.1) is 124 Å². The SMILES string of the molecule is CC(C)(c1[c-]cccc1)N1C=CN(c2ccccc2)[CH-]1.CC(C)c1cccc(C(C)C)c1-n1ccnc1-c1[c-]cccc1.CC(C)c1cccc(C(C)C)c1-n1ccnc1-c1[c-]cccc1.CC(C)c1cccc(C(C)C)c1-n1ccnc1-c1[c-]cccc1.CN1C=CN(C(C)(C)c2[c-]cccc2)[CH-]1.CN1C=CN(C(c2[c-]cccc2)(c2ccccc2)c2ccccc2)[CH-]1.[Ir+3].[Ir+3].[Ir+3]. The van der Waals surface area contributed by atoms with Crippen LogP contribution in [0.5, 0.6) is 0 Å². The number of aromatic nitrogens is 6. The number of hydrogen-bond donors (Lipinski definition) is 0. The Morgan fingerprint density at radius 2 is 0.545 bits per heavy atom. The maximum Gasteiger partial charge on any atom is 3.00 e. The molecule has 0 spiro atoms. The van der Waals surface area contributed by atoms with Crippen LogP contribution in [0.2, 0.25) is 0 Å². The van der Waals surface area contributed by atoms with Crippen molar-refractivity contribution in [3.05, 3.63) is 483 Å². The van der Waals surface area contributed by atoms with Gasteiger partial charge >= 0.3 is 60.3 Å². The molecule has 12 nitrogen and oxygen atoms in total. The number of imidazole rings is 3. The third kappa shape index (κ3) is 24.2. The largest absolute Gasteiger partial charge is 3.00 e. The molecule has 0 saturated carbocycles. The fourth-order valence-electron chi connectivity index (χ4n) is 16.6. The molecule has 6 heterocycles. The Labute approximate surface area is 828 Å². The summed E-state index contributed by atoms with van der Waals surface area (Å²) in [5, 5.41) is 0. The van der Waals surface area contributed by atoms with Crippen LogP contribution >= 0.6 is 0 Å². The van der Waals surface area contributed by atoms with E-state index in [1.807, 2.05) is 141 Å². The minimum atomic E-state index is -0.467. The van der Waals surface area contributed by atoms with Gasteiger partial charge in [-0.25, -0.2) is 0 Å². The van der Waals surface area contributed by atoms with Crippen molar-refractivity contribution in [1.82, 2.24) is 53.2 Å². The molecule has 0 fully saturated rings. The van der Waals surface area contributed by atoms with Gasteiger partial charge in [-0.3, -0.25) is 15.0 Å². The fourth-order valence-corrected chi connectivity index (χ4v) is 16.6. The van der Waals surface area contributed by atoms with Gasteiger partial charge in [0.05, 0.1) is 23.0 Å². The quantitative estimate of drug-likeness (QED) is 0.0517. The Morgan fingerprint density at radius 3 is 0.826 bits per heavy atom. The number of para-hydroxylation sites is 4. The van der Waals surface area contributed by atoms with Crippen LogP contribution in [0.15, 0.2) is 366 Å². The Morgan fingerprint density at radius 1 is 0.273 bits per heavy atom. The van der Waals surface area contributed by atoms with Gasteiger partial charge in [-0.05, 0) is 171 Å². The fraction of sp³-hybridized carbons (Fsp3) is 0.231. The Hall–Kier alpha value is -11.8. The number of benzene rings is 12. The van der Waals surface area contributed by atoms with Crippen molar-refractivity contribution in [3.63, 3.8) is 0 Å². The van der Waals surface area contributed by atoms with Gasteiger partial charge in [0.25, 0.3) is 0 Å². The third-order valence-electron chi connectivity index (χ3n) is 23.6. The summed E-state index contributed by atoms with van der Waals surface area (Å²) < 4.78 is 6.66. The van der Waals surface area contributed by atoms with Gasteiger partial charge in [-0.2, -0.15) is 111 Å². The van der Waals surface area contributed by atoms with Gasteiger partial charge in [0.15, 0.2) is 0 Å². The Bertz CT molecular complexity index is 5550. The van der Waals surface area contributed by atoms with Gasteiger partial charge in [0.1, 0.15) is 0 Å². The average Bonchev–Trinajstić information content (AvgIpc) is 1.31. The molecule has 15 aromatic rings. The molecule has 3 aliphatic rings. The van der Waals surface area contributed by atoms with Crippen LogP contribution in [0.25, 0.3) is 51.2 Å². The average molecular weight is 2270 g/mol. The molecule has 12 aromatic carbocycles.